The zero-order chi connectivity index (χ0) is 15.5. The van der Waals surface area contributed by atoms with Gasteiger partial charge in [0.1, 0.15) is 5.54 Å². The van der Waals surface area contributed by atoms with Crippen molar-refractivity contribution in [2.45, 2.75) is 25.3 Å². The van der Waals surface area contributed by atoms with Gasteiger partial charge in [-0.3, -0.25) is 19.7 Å². The second-order valence-corrected chi connectivity index (χ2v) is 4.69. The second-order valence-electron chi connectivity index (χ2n) is 4.69. The molecule has 1 atom stereocenters. The molecule has 1 aromatic carbocycles. The molecule has 0 aliphatic carbocycles. The van der Waals surface area contributed by atoms with Crippen LogP contribution in [0.3, 0.4) is 0 Å². The van der Waals surface area contributed by atoms with Crippen LogP contribution in [0.2, 0.25) is 0 Å². The minimum atomic E-state index is -1.53. The van der Waals surface area contributed by atoms with Crippen LogP contribution in [-0.2, 0) is 22.4 Å². The summed E-state index contributed by atoms with van der Waals surface area (Å²) in [6, 6.07) is 3.84. The highest BCUT2D eigenvalue weighted by molar-refractivity contribution is 5.85. The van der Waals surface area contributed by atoms with Gasteiger partial charge < -0.3 is 15.9 Å². The maximum absolute atomic E-state index is 10.9. The Hall–Kier alpha value is -2.19. The minimum absolute atomic E-state index is 0. The van der Waals surface area contributed by atoms with Crippen LogP contribution in [-0.4, -0.2) is 32.6 Å². The summed E-state index contributed by atoms with van der Waals surface area (Å²) in [5.74, 6) is -2.42. The summed E-state index contributed by atoms with van der Waals surface area (Å²) in [6.45, 7) is 1.31. The third-order valence-corrected chi connectivity index (χ3v) is 2.74. The van der Waals surface area contributed by atoms with Gasteiger partial charge in [-0.2, -0.15) is 0 Å². The van der Waals surface area contributed by atoms with Gasteiger partial charge in [-0.05, 0) is 18.6 Å². The zero-order valence-electron chi connectivity index (χ0n) is 11.1. The van der Waals surface area contributed by atoms with E-state index in [4.69, 9.17) is 15.9 Å². The van der Waals surface area contributed by atoms with Crippen LogP contribution in [0, 0.1) is 10.1 Å². The molecule has 0 fully saturated rings. The molecule has 0 radical (unpaired) electrons. The Balaban J connectivity index is 0.00000400. The van der Waals surface area contributed by atoms with Crippen LogP contribution in [0.5, 0.6) is 0 Å². The zero-order valence-corrected chi connectivity index (χ0v) is 11.9. The fourth-order valence-corrected chi connectivity index (χ4v) is 1.73. The molecule has 4 N–H and O–H groups in total. The summed E-state index contributed by atoms with van der Waals surface area (Å²) in [5, 5.41) is 28.5. The number of aliphatic carboxylic acids is 2. The number of rotatable bonds is 6. The van der Waals surface area contributed by atoms with Gasteiger partial charge in [0.25, 0.3) is 5.69 Å². The first-order chi connectivity index (χ1) is 9.13. The van der Waals surface area contributed by atoms with Crippen LogP contribution < -0.4 is 5.73 Å². The molecule has 0 heterocycles. The third-order valence-electron chi connectivity index (χ3n) is 2.74. The van der Waals surface area contributed by atoms with E-state index < -0.39 is 28.8 Å². The number of carboxylic acids is 2. The van der Waals surface area contributed by atoms with Gasteiger partial charge in [0, 0.05) is 18.1 Å². The molecule has 0 saturated carbocycles. The van der Waals surface area contributed by atoms with Crippen LogP contribution >= 0.6 is 12.4 Å². The van der Waals surface area contributed by atoms with Gasteiger partial charge >= 0.3 is 11.9 Å². The van der Waals surface area contributed by atoms with E-state index in [0.717, 1.165) is 6.07 Å². The standard InChI is InChI=1S/C12H14N2O6.ClH/c1-12(13,11(17)18)6-7-2-3-9(14(19)20)8(4-7)5-10(15)16;/h2-4H,5-6,13H2,1H3,(H,15,16)(H,17,18);1H/t12-;/m0./s1. The Morgan fingerprint density at radius 3 is 2.38 bits per heavy atom. The molecule has 21 heavy (non-hydrogen) atoms. The smallest absolute Gasteiger partial charge is 0.323 e. The summed E-state index contributed by atoms with van der Waals surface area (Å²) in [6.07, 6.45) is -0.578. The Bertz CT molecular complexity index is 573. The SMILES string of the molecule is C[C@](N)(Cc1ccc([N+](=O)[O-])c(CC(=O)O)c1)C(=O)O.Cl. The number of nitrogens with two attached hydrogens (primary N) is 1. The molecule has 0 aliphatic heterocycles. The molecule has 9 heteroatoms. The molecular formula is C12H15ClN2O6. The van der Waals surface area contributed by atoms with Crippen LogP contribution in [0.1, 0.15) is 18.1 Å². The second kappa shape index (κ2) is 7.00. The molecule has 0 bridgehead atoms. The number of hydrogen-bond donors (Lipinski definition) is 3. The van der Waals surface area contributed by atoms with Gasteiger partial charge in [-0.15, -0.1) is 12.4 Å². The minimum Gasteiger partial charge on any atom is -0.481 e. The Morgan fingerprint density at radius 1 is 1.38 bits per heavy atom. The molecule has 0 aromatic heterocycles. The predicted molar refractivity (Wildman–Crippen MR) is 75.6 cm³/mol. The molecule has 116 valence electrons. The van der Waals surface area contributed by atoms with Gasteiger partial charge in [0.05, 0.1) is 11.3 Å². The monoisotopic (exact) mass is 318 g/mol. The van der Waals surface area contributed by atoms with E-state index in [1.807, 2.05) is 0 Å². The normalized spacial score (nSPS) is 12.9. The van der Waals surface area contributed by atoms with E-state index in [1.165, 1.54) is 19.1 Å². The van der Waals surface area contributed by atoms with E-state index in [0.29, 0.717) is 5.56 Å². The van der Waals surface area contributed by atoms with Crippen LogP contribution in [0.4, 0.5) is 5.69 Å². The lowest BCUT2D eigenvalue weighted by Crippen LogP contribution is -2.46. The Morgan fingerprint density at radius 2 is 1.95 bits per heavy atom. The van der Waals surface area contributed by atoms with Crippen molar-refractivity contribution < 1.29 is 24.7 Å². The van der Waals surface area contributed by atoms with Crippen molar-refractivity contribution in [3.8, 4) is 0 Å². The maximum Gasteiger partial charge on any atom is 0.323 e. The highest BCUT2D eigenvalue weighted by Gasteiger charge is 2.29. The molecule has 0 spiro atoms. The van der Waals surface area contributed by atoms with E-state index in [2.05, 4.69) is 0 Å². The molecule has 0 saturated heterocycles. The van der Waals surface area contributed by atoms with Crippen molar-refractivity contribution in [3.63, 3.8) is 0 Å². The summed E-state index contributed by atoms with van der Waals surface area (Å²) in [4.78, 5) is 31.8. The van der Waals surface area contributed by atoms with Crippen molar-refractivity contribution in [2.75, 3.05) is 0 Å². The third kappa shape index (κ3) is 5.01. The van der Waals surface area contributed by atoms with Gasteiger partial charge in [0.2, 0.25) is 0 Å². The van der Waals surface area contributed by atoms with Gasteiger partial charge in [-0.25, -0.2) is 0 Å². The molecule has 0 unspecified atom stereocenters. The van der Waals surface area contributed by atoms with Crippen molar-refractivity contribution >= 4 is 30.0 Å². The first kappa shape index (κ1) is 18.8. The van der Waals surface area contributed by atoms with Gasteiger partial charge in [-0.1, -0.05) is 6.07 Å². The van der Waals surface area contributed by atoms with Crippen LogP contribution in [0.15, 0.2) is 18.2 Å². The lowest BCUT2D eigenvalue weighted by molar-refractivity contribution is -0.385. The average Bonchev–Trinajstić information content (AvgIpc) is 2.26. The van der Waals surface area contributed by atoms with E-state index in [9.17, 15) is 19.7 Å². The van der Waals surface area contributed by atoms with Crippen molar-refractivity contribution in [2.24, 2.45) is 5.73 Å². The molecular weight excluding hydrogens is 304 g/mol. The fraction of sp³-hybridized carbons (Fsp3) is 0.333. The van der Waals surface area contributed by atoms with Crippen LogP contribution in [0.25, 0.3) is 0 Å². The molecule has 1 rings (SSSR count). The number of nitrogens with zero attached hydrogens (tertiary/aromatic N) is 1. The van der Waals surface area contributed by atoms with Crippen molar-refractivity contribution in [1.29, 1.82) is 0 Å². The molecule has 0 amide bonds. The highest BCUT2D eigenvalue weighted by atomic mass is 35.5. The van der Waals surface area contributed by atoms with E-state index in [1.54, 1.807) is 0 Å². The number of nitro groups is 1. The van der Waals surface area contributed by atoms with Crippen molar-refractivity contribution in [1.82, 2.24) is 0 Å². The number of hydrogen-bond acceptors (Lipinski definition) is 5. The summed E-state index contributed by atoms with van der Waals surface area (Å²) >= 11 is 0. The quantitative estimate of drug-likeness (QED) is 0.524. The summed E-state index contributed by atoms with van der Waals surface area (Å²) in [7, 11) is 0. The highest BCUT2D eigenvalue weighted by Crippen LogP contribution is 2.22. The van der Waals surface area contributed by atoms with Gasteiger partial charge in [0.15, 0.2) is 0 Å². The molecule has 0 aliphatic rings. The number of carbonyl (C=O) groups is 2. The number of carboxylic acid groups (broad SMARTS) is 2. The lowest BCUT2D eigenvalue weighted by Gasteiger charge is -2.19. The summed E-state index contributed by atoms with van der Waals surface area (Å²) < 4.78 is 0. The first-order valence-corrected chi connectivity index (χ1v) is 5.64. The average molecular weight is 319 g/mol. The Labute approximate surface area is 126 Å². The summed E-state index contributed by atoms with van der Waals surface area (Å²) in [5.41, 5.74) is 4.19. The van der Waals surface area contributed by atoms with E-state index >= 15 is 0 Å². The lowest BCUT2D eigenvalue weighted by atomic mass is 9.92. The first-order valence-electron chi connectivity index (χ1n) is 5.64. The molecule has 1 aromatic rings. The molecule has 8 nitrogen and oxygen atoms in total. The number of nitro benzene ring substituents is 1. The number of halogens is 1. The number of benzene rings is 1. The maximum atomic E-state index is 10.9. The topological polar surface area (TPSA) is 144 Å². The van der Waals surface area contributed by atoms with E-state index in [-0.39, 0.29) is 30.1 Å². The largest absolute Gasteiger partial charge is 0.481 e. The predicted octanol–water partition coefficient (Wildman–Crippen LogP) is 0.988. The fourth-order valence-electron chi connectivity index (χ4n) is 1.73. The van der Waals surface area contributed by atoms with Crippen molar-refractivity contribution in [3.05, 3.63) is 39.4 Å². The Kier molecular flexibility index (Phi) is 6.27.